The Balaban J connectivity index is 1.73. The Kier molecular flexibility index (Phi) is 3.94. The molecule has 2 aromatic heterocycles. The van der Waals surface area contributed by atoms with Crippen molar-refractivity contribution in [2.75, 3.05) is 5.32 Å². The number of carbonyl (C=O) groups is 2. The minimum absolute atomic E-state index is 0.0274. The number of aromatic nitrogens is 2. The van der Waals surface area contributed by atoms with E-state index in [9.17, 15) is 9.59 Å². The molecule has 23 heavy (non-hydrogen) atoms. The third-order valence-electron chi connectivity index (χ3n) is 4.01. The Morgan fingerprint density at radius 2 is 2.22 bits per heavy atom. The van der Waals surface area contributed by atoms with E-state index >= 15 is 0 Å². The molecule has 1 N–H and O–H groups in total. The molecule has 7 heteroatoms. The summed E-state index contributed by atoms with van der Waals surface area (Å²) < 4.78 is 7.14. The summed E-state index contributed by atoms with van der Waals surface area (Å²) in [6.07, 6.45) is 0.892. The van der Waals surface area contributed by atoms with Crippen LogP contribution >= 0.6 is 0 Å². The maximum atomic E-state index is 12.6. The summed E-state index contributed by atoms with van der Waals surface area (Å²) in [6, 6.07) is 5.00. The van der Waals surface area contributed by atoms with Gasteiger partial charge in [-0.1, -0.05) is 0 Å². The molecule has 0 saturated carbocycles. The van der Waals surface area contributed by atoms with E-state index in [4.69, 9.17) is 4.42 Å². The van der Waals surface area contributed by atoms with E-state index < -0.39 is 6.04 Å². The van der Waals surface area contributed by atoms with Crippen molar-refractivity contribution in [1.82, 2.24) is 14.7 Å². The van der Waals surface area contributed by atoms with Crippen molar-refractivity contribution >= 4 is 17.6 Å². The van der Waals surface area contributed by atoms with Crippen LogP contribution in [0, 0.1) is 13.8 Å². The largest absolute Gasteiger partial charge is 0.464 e. The molecule has 0 radical (unpaired) electrons. The minimum atomic E-state index is -0.483. The van der Waals surface area contributed by atoms with Gasteiger partial charge in [0.15, 0.2) is 0 Å². The van der Waals surface area contributed by atoms with Gasteiger partial charge in [0, 0.05) is 19.5 Å². The second kappa shape index (κ2) is 5.91. The van der Waals surface area contributed by atoms with Gasteiger partial charge >= 0.3 is 0 Å². The van der Waals surface area contributed by atoms with Crippen LogP contribution in [0.3, 0.4) is 0 Å². The fourth-order valence-corrected chi connectivity index (χ4v) is 2.88. The monoisotopic (exact) mass is 316 g/mol. The first-order valence-electron chi connectivity index (χ1n) is 7.60. The standard InChI is InChI=1S/C16H20N4O3/c1-10-8-14(19(3)18-10)17-16(22)13-6-7-15(21)20(13)9-12-5-4-11(2)23-12/h4-5,8,13H,6-7,9H2,1-3H3,(H,17,22)/t13-/m1/s1. The lowest BCUT2D eigenvalue weighted by Crippen LogP contribution is -2.41. The number of nitrogens with zero attached hydrogens (tertiary/aromatic N) is 3. The van der Waals surface area contributed by atoms with Gasteiger partial charge in [-0.2, -0.15) is 5.10 Å². The van der Waals surface area contributed by atoms with Gasteiger partial charge < -0.3 is 14.6 Å². The van der Waals surface area contributed by atoms with Crippen molar-refractivity contribution in [2.45, 2.75) is 39.3 Å². The molecule has 3 heterocycles. The number of aryl methyl sites for hydroxylation is 3. The SMILES string of the molecule is Cc1cc(NC(=O)[C@H]2CCC(=O)N2Cc2ccc(C)o2)n(C)n1. The molecular formula is C16H20N4O3. The topological polar surface area (TPSA) is 80.4 Å². The molecule has 0 bridgehead atoms. The van der Waals surface area contributed by atoms with E-state index in [0.717, 1.165) is 11.5 Å². The van der Waals surface area contributed by atoms with Gasteiger partial charge in [0.25, 0.3) is 0 Å². The van der Waals surface area contributed by atoms with Crippen molar-refractivity contribution in [1.29, 1.82) is 0 Å². The first-order chi connectivity index (χ1) is 10.9. The predicted molar refractivity (Wildman–Crippen MR) is 83.6 cm³/mol. The van der Waals surface area contributed by atoms with Crippen LogP contribution in [0.25, 0.3) is 0 Å². The van der Waals surface area contributed by atoms with Crippen LogP contribution in [-0.4, -0.2) is 32.5 Å². The molecule has 122 valence electrons. The Morgan fingerprint density at radius 1 is 1.43 bits per heavy atom. The number of likely N-dealkylation sites (tertiary alicyclic amines) is 1. The number of carbonyl (C=O) groups excluding carboxylic acids is 2. The van der Waals surface area contributed by atoms with Crippen molar-refractivity contribution in [3.05, 3.63) is 35.4 Å². The van der Waals surface area contributed by atoms with Crippen molar-refractivity contribution in [3.8, 4) is 0 Å². The van der Waals surface area contributed by atoms with Crippen LogP contribution in [0.4, 0.5) is 5.82 Å². The highest BCUT2D eigenvalue weighted by Gasteiger charge is 2.36. The Morgan fingerprint density at radius 3 is 2.83 bits per heavy atom. The van der Waals surface area contributed by atoms with E-state index in [1.165, 1.54) is 0 Å². The Labute approximate surface area is 134 Å². The molecule has 0 unspecified atom stereocenters. The lowest BCUT2D eigenvalue weighted by molar-refractivity contribution is -0.134. The summed E-state index contributed by atoms with van der Waals surface area (Å²) in [5, 5.41) is 7.05. The molecular weight excluding hydrogens is 296 g/mol. The molecule has 1 aliphatic heterocycles. The minimum Gasteiger partial charge on any atom is -0.464 e. The van der Waals surface area contributed by atoms with Crippen LogP contribution in [0.1, 0.15) is 30.1 Å². The van der Waals surface area contributed by atoms with E-state index in [2.05, 4.69) is 10.4 Å². The zero-order valence-corrected chi connectivity index (χ0v) is 13.5. The normalized spacial score (nSPS) is 17.8. The molecule has 1 saturated heterocycles. The van der Waals surface area contributed by atoms with E-state index in [1.807, 2.05) is 26.0 Å². The Hall–Kier alpha value is -2.57. The third-order valence-corrected chi connectivity index (χ3v) is 4.01. The summed E-state index contributed by atoms with van der Waals surface area (Å²) in [5.41, 5.74) is 0.827. The molecule has 0 aliphatic carbocycles. The van der Waals surface area contributed by atoms with E-state index in [-0.39, 0.29) is 11.8 Å². The number of anilines is 1. The number of hydrogen-bond acceptors (Lipinski definition) is 4. The Bertz CT molecular complexity index is 746. The maximum absolute atomic E-state index is 12.6. The molecule has 2 aromatic rings. The second-order valence-electron chi connectivity index (χ2n) is 5.87. The van der Waals surface area contributed by atoms with Crippen molar-refractivity contribution < 1.29 is 14.0 Å². The summed E-state index contributed by atoms with van der Waals surface area (Å²) in [4.78, 5) is 26.2. The van der Waals surface area contributed by atoms with Crippen LogP contribution in [0.5, 0.6) is 0 Å². The van der Waals surface area contributed by atoms with Crippen LogP contribution in [-0.2, 0) is 23.2 Å². The predicted octanol–water partition coefficient (Wildman–Crippen LogP) is 1.76. The first kappa shape index (κ1) is 15.3. The highest BCUT2D eigenvalue weighted by Crippen LogP contribution is 2.23. The van der Waals surface area contributed by atoms with Gasteiger partial charge in [0.1, 0.15) is 23.4 Å². The molecule has 0 aromatic carbocycles. The molecule has 7 nitrogen and oxygen atoms in total. The van der Waals surface area contributed by atoms with E-state index in [1.54, 1.807) is 22.7 Å². The van der Waals surface area contributed by atoms with Crippen molar-refractivity contribution in [2.24, 2.45) is 7.05 Å². The lowest BCUT2D eigenvalue weighted by Gasteiger charge is -2.23. The molecule has 2 amide bonds. The lowest BCUT2D eigenvalue weighted by atomic mass is 10.2. The highest BCUT2D eigenvalue weighted by molar-refractivity contribution is 5.98. The zero-order valence-electron chi connectivity index (χ0n) is 13.5. The summed E-state index contributed by atoms with van der Waals surface area (Å²) in [6.45, 7) is 4.03. The summed E-state index contributed by atoms with van der Waals surface area (Å²) in [7, 11) is 1.77. The quantitative estimate of drug-likeness (QED) is 0.932. The average Bonchev–Trinajstić information content (AvgIpc) is 3.13. The first-order valence-corrected chi connectivity index (χ1v) is 7.60. The number of rotatable bonds is 4. The van der Waals surface area contributed by atoms with Crippen LogP contribution in [0.2, 0.25) is 0 Å². The number of nitrogens with one attached hydrogen (secondary N) is 1. The average molecular weight is 316 g/mol. The molecule has 0 spiro atoms. The van der Waals surface area contributed by atoms with Gasteiger partial charge in [0.05, 0.1) is 12.2 Å². The van der Waals surface area contributed by atoms with Crippen molar-refractivity contribution in [3.63, 3.8) is 0 Å². The van der Waals surface area contributed by atoms with Gasteiger partial charge in [0.2, 0.25) is 11.8 Å². The summed E-state index contributed by atoms with van der Waals surface area (Å²) >= 11 is 0. The molecule has 1 atom stereocenters. The number of furan rings is 1. The van der Waals surface area contributed by atoms with Gasteiger partial charge in [-0.15, -0.1) is 0 Å². The van der Waals surface area contributed by atoms with Crippen LogP contribution < -0.4 is 5.32 Å². The van der Waals surface area contributed by atoms with E-state index in [0.29, 0.717) is 31.0 Å². The molecule has 3 rings (SSSR count). The fraction of sp³-hybridized carbons (Fsp3) is 0.438. The van der Waals surface area contributed by atoms with Gasteiger partial charge in [-0.3, -0.25) is 14.3 Å². The van der Waals surface area contributed by atoms with Gasteiger partial charge in [-0.05, 0) is 32.4 Å². The highest BCUT2D eigenvalue weighted by atomic mass is 16.3. The second-order valence-corrected chi connectivity index (χ2v) is 5.87. The van der Waals surface area contributed by atoms with Gasteiger partial charge in [-0.25, -0.2) is 0 Å². The summed E-state index contributed by atoms with van der Waals surface area (Å²) in [5.74, 6) is 1.88. The molecule has 1 aliphatic rings. The van der Waals surface area contributed by atoms with Crippen LogP contribution in [0.15, 0.2) is 22.6 Å². The molecule has 1 fully saturated rings. The third kappa shape index (κ3) is 3.13. The number of hydrogen-bond donors (Lipinski definition) is 1. The smallest absolute Gasteiger partial charge is 0.248 e. The number of amides is 2. The fourth-order valence-electron chi connectivity index (χ4n) is 2.88. The maximum Gasteiger partial charge on any atom is 0.248 e. The zero-order chi connectivity index (χ0) is 16.6.